The van der Waals surface area contributed by atoms with Crippen LogP contribution in [-0.4, -0.2) is 157 Å². The molecule has 0 spiro atoms. The number of carboxylic acids is 4. The zero-order valence-electron chi connectivity index (χ0n) is 39.0. The minimum absolute atomic E-state index is 0. The third-order valence-corrected chi connectivity index (χ3v) is 3.59. The van der Waals surface area contributed by atoms with Crippen LogP contribution in [0.4, 0.5) is 0 Å². The van der Waals surface area contributed by atoms with Gasteiger partial charge in [0.2, 0.25) is 35.4 Å². The van der Waals surface area contributed by atoms with Crippen molar-refractivity contribution in [3.8, 4) is 0 Å². The molecule has 0 rings (SSSR count). The Morgan fingerprint density at radius 3 is 0.394 bits per heavy atom. The van der Waals surface area contributed by atoms with E-state index in [9.17, 15) is 38.4 Å². The molecule has 0 aromatic heterocycles. The lowest BCUT2D eigenvalue weighted by atomic mass is 10.4. The fourth-order valence-electron chi connectivity index (χ4n) is 0.443. The van der Waals surface area contributed by atoms with Crippen molar-refractivity contribution < 1.29 is 78.0 Å². The van der Waals surface area contributed by atoms with E-state index in [2.05, 4.69) is 21.3 Å². The summed E-state index contributed by atoms with van der Waals surface area (Å²) in [7, 11) is 13.6. The second-order valence-electron chi connectivity index (χ2n) is 9.99. The lowest BCUT2D eigenvalue weighted by Gasteiger charge is -2.07. The number of carbonyl (C=O) groups is 12. The number of amides is 6. The van der Waals surface area contributed by atoms with Crippen LogP contribution in [0.25, 0.3) is 0 Å². The van der Waals surface area contributed by atoms with Crippen LogP contribution in [0.1, 0.15) is 169 Å². The van der Waals surface area contributed by atoms with E-state index in [0.29, 0.717) is 12.8 Å². The van der Waals surface area contributed by atoms with Gasteiger partial charge in [-0.3, -0.25) is 57.7 Å². The second kappa shape index (κ2) is 113. The second-order valence-corrected chi connectivity index (χ2v) is 9.99. The fourth-order valence-corrected chi connectivity index (χ4v) is 0.443. The Morgan fingerprint density at radius 2 is 0.394 bits per heavy atom. The van der Waals surface area contributed by atoms with Crippen molar-refractivity contribution >= 4 is 70.9 Å². The average Bonchev–Trinajstić information content (AvgIpc) is 3.04. The van der Waals surface area contributed by atoms with Gasteiger partial charge in [-0.05, 0) is 42.0 Å². The predicted molar refractivity (Wildman–Crippen MR) is 277 cm³/mol. The van der Waals surface area contributed by atoms with Crippen LogP contribution in [0.5, 0.6) is 0 Å². The van der Waals surface area contributed by atoms with Gasteiger partial charge in [-0.2, -0.15) is 0 Å². The maximum absolute atomic E-state index is 10.3. The van der Waals surface area contributed by atoms with Gasteiger partial charge < -0.3 is 51.3 Å². The molecule has 0 aromatic rings. The Kier molecular flexibility index (Phi) is 223. The zero-order chi connectivity index (χ0) is 50.3. The zero-order valence-corrected chi connectivity index (χ0v) is 39.0. The molecule has 0 unspecified atom stereocenters. The number of imide groups is 2. The Morgan fingerprint density at radius 1 is 0.333 bits per heavy atom. The first-order valence-electron chi connectivity index (χ1n) is 16.8. The number of hydrogen-bond donors (Lipinski definition) is 8. The summed E-state index contributed by atoms with van der Waals surface area (Å²) in [6.07, 6.45) is 1.33. The van der Waals surface area contributed by atoms with Crippen LogP contribution in [0.3, 0.4) is 0 Å². The van der Waals surface area contributed by atoms with E-state index < -0.39 is 23.9 Å². The van der Waals surface area contributed by atoms with Crippen molar-refractivity contribution in [2.75, 3.05) is 56.4 Å². The van der Waals surface area contributed by atoms with Crippen molar-refractivity contribution in [1.29, 1.82) is 0 Å². The normalized spacial score (nSPS) is 6.27. The van der Waals surface area contributed by atoms with E-state index in [-0.39, 0.29) is 106 Å². The third kappa shape index (κ3) is 570. The van der Waals surface area contributed by atoms with E-state index in [1.807, 2.05) is 42.0 Å². The van der Waals surface area contributed by atoms with Crippen molar-refractivity contribution in [2.24, 2.45) is 0 Å². The molecule has 6 amide bonds. The Hall–Kier alpha value is -5.64. The molecule has 8 N–H and O–H groups in total. The number of carbonyl (C=O) groups excluding carboxylic acids is 8. The molecule has 412 valence electrons. The Labute approximate surface area is 404 Å². The van der Waals surface area contributed by atoms with Crippen LogP contribution in [0.15, 0.2) is 0 Å². The van der Waals surface area contributed by atoms with Gasteiger partial charge in [-0.15, -0.1) is 0 Å². The van der Waals surface area contributed by atoms with Gasteiger partial charge in [0.05, 0.1) is 0 Å². The summed E-state index contributed by atoms with van der Waals surface area (Å²) in [5.41, 5.74) is 0. The molecule has 0 bridgehead atoms. The summed E-state index contributed by atoms with van der Waals surface area (Å²) in [5.74, 6) is -3.71. The number of Topliss-reactive ketones (excluding diaryl/α,β-unsaturated/α-hetero) is 2. The van der Waals surface area contributed by atoms with Gasteiger partial charge in [0, 0.05) is 110 Å². The topological polar surface area (TPSA) is 340 Å². The van der Waals surface area contributed by atoms with Gasteiger partial charge in [0.15, 0.2) is 0 Å². The first-order chi connectivity index (χ1) is 25.9. The molecule has 0 aromatic carbocycles. The maximum atomic E-state index is 10.3. The van der Waals surface area contributed by atoms with Crippen molar-refractivity contribution in [3.63, 3.8) is 0 Å². The Balaban J connectivity index is -0.0000000194. The summed E-state index contributed by atoms with van der Waals surface area (Å²) in [6.45, 7) is 19.5. The minimum atomic E-state index is -0.833. The quantitative estimate of drug-likeness (QED) is 0.144. The first-order valence-corrected chi connectivity index (χ1v) is 16.8. The van der Waals surface area contributed by atoms with E-state index >= 15 is 0 Å². The van der Waals surface area contributed by atoms with E-state index in [1.165, 1.54) is 55.6 Å². The molecular formula is C44H110N6O16. The lowest BCUT2D eigenvalue weighted by Crippen LogP contribution is -2.28. The van der Waals surface area contributed by atoms with Gasteiger partial charge in [0.25, 0.3) is 23.9 Å². The van der Waals surface area contributed by atoms with Gasteiger partial charge in [-0.25, -0.2) is 0 Å². The number of carboxylic acid groups (broad SMARTS) is 4. The third-order valence-electron chi connectivity index (χ3n) is 3.59. The predicted octanol–water partition coefficient (Wildman–Crippen LogP) is 6.62. The monoisotopic (exact) mass is 979 g/mol. The van der Waals surface area contributed by atoms with Crippen LogP contribution < -0.4 is 21.3 Å². The van der Waals surface area contributed by atoms with Crippen molar-refractivity contribution in [3.05, 3.63) is 0 Å². The van der Waals surface area contributed by atoms with Crippen LogP contribution >= 0.6 is 0 Å². The summed E-state index contributed by atoms with van der Waals surface area (Å²) in [6, 6.07) is 0. The largest absolute Gasteiger partial charge is 0.481 e. The Bertz CT molecular complexity index is 925. The molecule has 0 heterocycles. The molecule has 0 aliphatic heterocycles. The smallest absolute Gasteiger partial charge is 0.300 e. The summed E-state index contributed by atoms with van der Waals surface area (Å²) >= 11 is 0. The molecule has 0 saturated carbocycles. The van der Waals surface area contributed by atoms with E-state index in [1.54, 1.807) is 27.9 Å². The highest BCUT2D eigenvalue weighted by atomic mass is 16.4. The molecular weight excluding hydrogens is 869 g/mol. The number of hydrogen-bond acceptors (Lipinski definition) is 14. The molecule has 0 aliphatic rings. The molecule has 0 saturated heterocycles. The summed E-state index contributed by atoms with van der Waals surface area (Å²) in [5, 5.41) is 39.9. The van der Waals surface area contributed by atoms with Crippen LogP contribution in [0.2, 0.25) is 0 Å². The van der Waals surface area contributed by atoms with Gasteiger partial charge in [0.1, 0.15) is 11.6 Å². The number of ketones is 2. The molecule has 22 nitrogen and oxygen atoms in total. The summed E-state index contributed by atoms with van der Waals surface area (Å²) in [4.78, 5) is 118. The lowest BCUT2D eigenvalue weighted by molar-refractivity contribution is -0.141. The fraction of sp³-hybridized carbons (Fsp3) is 0.727. The van der Waals surface area contributed by atoms with Crippen LogP contribution in [0, 0.1) is 0 Å². The van der Waals surface area contributed by atoms with Crippen molar-refractivity contribution in [2.45, 2.75) is 169 Å². The average molecular weight is 979 g/mol. The minimum Gasteiger partial charge on any atom is -0.481 e. The van der Waals surface area contributed by atoms with E-state index in [0.717, 1.165) is 37.5 Å². The van der Waals surface area contributed by atoms with E-state index in [4.69, 9.17) is 39.6 Å². The number of nitrogens with one attached hydrogen (secondary N) is 4. The highest BCUT2D eigenvalue weighted by Gasteiger charge is 2.05. The highest BCUT2D eigenvalue weighted by Crippen LogP contribution is 1.82. The van der Waals surface area contributed by atoms with Gasteiger partial charge >= 0.3 is 0 Å². The molecule has 66 heavy (non-hydrogen) atoms. The number of aliphatic carboxylic acids is 4. The number of nitrogens with zero attached hydrogens (tertiary/aromatic N) is 2. The first kappa shape index (κ1) is 131. The molecule has 0 fully saturated rings. The van der Waals surface area contributed by atoms with Crippen LogP contribution in [-0.2, 0) is 57.5 Å². The standard InChI is InChI=1S/2C5H9NO2.2C4H8O.2C3H7NO.2C2H7N.4C2H4O2.8CH4/c2*1-4(7)6(3)5(2)8;2*1-3-4(2)5;2*1-3(5)4-2;2*1-3-2;4*1-2(3)4;;;;;;;;/h2*1-3H3;2*3H2,1-2H3;2*1-2H3,(H,4,5);2*3H,1-2H3;4*1H3,(H,3,4);8*1H4. The molecule has 0 radical (unpaired) electrons. The van der Waals surface area contributed by atoms with Gasteiger partial charge in [-0.1, -0.05) is 73.3 Å². The SMILES string of the molecule is C.C.C.C.C.C.C.C.CC(=O)N(C)C(C)=O.CC(=O)N(C)C(C)=O.CC(=O)O.CC(=O)O.CC(=O)O.CC(=O)O.CCC(C)=O.CCC(C)=O.CNC.CNC.CNC(C)=O.CNC(C)=O. The molecule has 22 heteroatoms. The number of rotatable bonds is 2. The summed E-state index contributed by atoms with van der Waals surface area (Å²) < 4.78 is 0. The van der Waals surface area contributed by atoms with Crippen molar-refractivity contribution in [1.82, 2.24) is 31.1 Å². The maximum Gasteiger partial charge on any atom is 0.300 e. The molecule has 0 aliphatic carbocycles. The highest BCUT2D eigenvalue weighted by molar-refractivity contribution is 5.92. The molecule has 0 atom stereocenters.